The van der Waals surface area contributed by atoms with Crippen LogP contribution in [0.1, 0.15) is 185 Å². The number of thioether (sulfide) groups is 2. The van der Waals surface area contributed by atoms with E-state index in [2.05, 4.69) is 101 Å². The highest BCUT2D eigenvalue weighted by atomic mass is 32.2. The molecule has 1 saturated carbocycles. The van der Waals surface area contributed by atoms with E-state index in [1.54, 1.807) is 0 Å². The van der Waals surface area contributed by atoms with Crippen molar-refractivity contribution in [2.24, 2.45) is 11.8 Å². The first-order chi connectivity index (χ1) is 26.2. The van der Waals surface area contributed by atoms with Crippen LogP contribution in [0, 0.1) is 11.8 Å². The monoisotopic (exact) mass is 780 g/mol. The topological polar surface area (TPSA) is 18.5 Å². The first-order valence-electron chi connectivity index (χ1n) is 22.4. The number of benzene rings is 2. The molecule has 1 aliphatic heterocycles. The molecule has 1 heterocycles. The van der Waals surface area contributed by atoms with Crippen LogP contribution in [-0.4, -0.2) is 23.0 Å². The van der Waals surface area contributed by atoms with E-state index in [4.69, 9.17) is 12.2 Å². The summed E-state index contributed by atoms with van der Waals surface area (Å²) in [7, 11) is 0. The van der Waals surface area contributed by atoms with Gasteiger partial charge in [-0.2, -0.15) is 23.5 Å². The minimum absolute atomic E-state index is 0.388. The predicted octanol–water partition coefficient (Wildman–Crippen LogP) is 15.3. The number of nitrogens with one attached hydrogen (secondary N) is 1. The van der Waals surface area contributed by atoms with Gasteiger partial charge < -0.3 is 0 Å². The molecule has 2 aromatic carbocycles. The Labute approximate surface area is 341 Å². The quantitative estimate of drug-likeness (QED) is 0.0650. The maximum Gasteiger partial charge on any atom is 0.105 e. The summed E-state index contributed by atoms with van der Waals surface area (Å²) >= 11 is 10.5. The highest BCUT2D eigenvalue weighted by Crippen LogP contribution is 2.36. The highest BCUT2D eigenvalue weighted by Gasteiger charge is 2.36. The molecule has 2 aliphatic rings. The van der Waals surface area contributed by atoms with Crippen molar-refractivity contribution in [2.75, 3.05) is 28.1 Å². The van der Waals surface area contributed by atoms with Gasteiger partial charge in [0.05, 0.1) is 11.4 Å². The van der Waals surface area contributed by atoms with E-state index in [0.717, 1.165) is 28.7 Å². The van der Waals surface area contributed by atoms with Crippen LogP contribution in [0.3, 0.4) is 0 Å². The van der Waals surface area contributed by atoms with Crippen LogP contribution in [0.15, 0.2) is 48.5 Å². The third kappa shape index (κ3) is 17.6. The largest absolute Gasteiger partial charge is 0.290 e. The molecule has 1 saturated heterocycles. The smallest absolute Gasteiger partial charge is 0.105 e. The third-order valence-electron chi connectivity index (χ3n) is 11.6. The van der Waals surface area contributed by atoms with Crippen molar-refractivity contribution < 1.29 is 0 Å². The Hall–Kier alpha value is -1.21. The number of unbranched alkanes of at least 4 members (excludes halogenated alkanes) is 18. The van der Waals surface area contributed by atoms with Crippen LogP contribution >= 0.6 is 35.7 Å². The Balaban J connectivity index is 1.19. The van der Waals surface area contributed by atoms with Crippen LogP contribution < -0.4 is 15.6 Å². The van der Waals surface area contributed by atoms with Gasteiger partial charge in [-0.1, -0.05) is 185 Å². The molecule has 2 aromatic rings. The van der Waals surface area contributed by atoms with Gasteiger partial charge in [0.25, 0.3) is 0 Å². The van der Waals surface area contributed by atoms with E-state index in [9.17, 15) is 0 Å². The minimum Gasteiger partial charge on any atom is -0.290 e. The number of rotatable bonds is 29. The number of hydrazine groups is 2. The van der Waals surface area contributed by atoms with Gasteiger partial charge in [0, 0.05) is 24.0 Å². The van der Waals surface area contributed by atoms with Crippen molar-refractivity contribution >= 4 is 52.1 Å². The summed E-state index contributed by atoms with van der Waals surface area (Å²) in [6.45, 7) is 5.55. The van der Waals surface area contributed by atoms with Crippen molar-refractivity contribution in [3.8, 4) is 0 Å². The fourth-order valence-electron chi connectivity index (χ4n) is 8.16. The molecule has 0 bridgehead atoms. The molecule has 1 atom stereocenters. The molecular weight excluding hydrogens is 703 g/mol. The van der Waals surface area contributed by atoms with Crippen LogP contribution in [-0.2, 0) is 11.5 Å². The van der Waals surface area contributed by atoms with Crippen molar-refractivity contribution in [3.63, 3.8) is 0 Å². The Bertz CT molecular complexity index is 1200. The molecule has 2 fully saturated rings. The standard InChI is InChI=1S/C47H77N3S3/c1-3-5-7-9-11-13-15-17-19-24-36-52-39-41-28-32-44(33-29-41)49-38-46(43-26-22-21-23-27-43)47(51)50(48-49)45-34-30-42(31-35-45)40-53-37-25-20-18-16-14-12-10-8-6-4-2/h28-35,43,46,48H,3-27,36-40H2,1-2H3/t46-/m1/s1. The first kappa shape index (κ1) is 44.5. The van der Waals surface area contributed by atoms with E-state index in [1.165, 1.54) is 189 Å². The summed E-state index contributed by atoms with van der Waals surface area (Å²) in [6, 6.07) is 18.5. The zero-order valence-electron chi connectivity index (χ0n) is 34.1. The minimum atomic E-state index is 0.388. The zero-order chi connectivity index (χ0) is 37.2. The molecule has 0 aromatic heterocycles. The fourth-order valence-corrected chi connectivity index (χ4v) is 10.5. The van der Waals surface area contributed by atoms with Crippen molar-refractivity contribution in [1.29, 1.82) is 0 Å². The molecule has 0 spiro atoms. The Morgan fingerprint density at radius 2 is 0.962 bits per heavy atom. The number of hydrogen-bond donors (Lipinski definition) is 1. The lowest BCUT2D eigenvalue weighted by Gasteiger charge is -2.46. The van der Waals surface area contributed by atoms with Crippen molar-refractivity contribution in [3.05, 3.63) is 59.7 Å². The molecule has 0 amide bonds. The van der Waals surface area contributed by atoms with Crippen molar-refractivity contribution in [2.45, 2.75) is 186 Å². The Morgan fingerprint density at radius 3 is 1.42 bits per heavy atom. The van der Waals surface area contributed by atoms with E-state index in [0.29, 0.717) is 11.8 Å². The summed E-state index contributed by atoms with van der Waals surface area (Å²) in [5.41, 5.74) is 8.98. The lowest BCUT2D eigenvalue weighted by atomic mass is 9.79. The van der Waals surface area contributed by atoms with Gasteiger partial charge in [-0.15, -0.1) is 5.53 Å². The summed E-state index contributed by atoms with van der Waals surface area (Å²) in [6.07, 6.45) is 34.8. The second kappa shape index (κ2) is 28.2. The van der Waals surface area contributed by atoms with Gasteiger partial charge in [-0.3, -0.25) is 10.0 Å². The molecule has 4 rings (SSSR count). The number of anilines is 2. The predicted molar refractivity (Wildman–Crippen MR) is 245 cm³/mol. The normalized spacial score (nSPS) is 16.9. The Kier molecular flexibility index (Phi) is 23.7. The SMILES string of the molecule is CCCCCCCCCCCCSCc1ccc(N2C[C@H](C3CCCCC3)C(=S)N(c3ccc(CSCCCCCCCCCCCC)cc3)N2)cc1. The number of thiocarbonyl (C=S) groups is 1. The van der Waals surface area contributed by atoms with Crippen LogP contribution in [0.2, 0.25) is 0 Å². The van der Waals surface area contributed by atoms with Crippen LogP contribution in [0.4, 0.5) is 11.4 Å². The van der Waals surface area contributed by atoms with Crippen LogP contribution in [0.5, 0.6) is 0 Å². The lowest BCUT2D eigenvalue weighted by molar-refractivity contribution is 0.286. The van der Waals surface area contributed by atoms with Gasteiger partial charge in [0.2, 0.25) is 0 Å². The highest BCUT2D eigenvalue weighted by molar-refractivity contribution is 7.98. The average molecular weight is 780 g/mol. The van der Waals surface area contributed by atoms with Crippen molar-refractivity contribution in [1.82, 2.24) is 5.53 Å². The van der Waals surface area contributed by atoms with Crippen LogP contribution in [0.25, 0.3) is 0 Å². The van der Waals surface area contributed by atoms with E-state index >= 15 is 0 Å². The summed E-state index contributed by atoms with van der Waals surface area (Å²) in [4.78, 5) is 1.07. The summed E-state index contributed by atoms with van der Waals surface area (Å²) < 4.78 is 0. The van der Waals surface area contributed by atoms with Gasteiger partial charge in [0.1, 0.15) is 4.99 Å². The molecule has 6 heteroatoms. The van der Waals surface area contributed by atoms with E-state index < -0.39 is 0 Å². The summed E-state index contributed by atoms with van der Waals surface area (Å²) in [5, 5.41) is 4.58. The maximum atomic E-state index is 6.28. The number of hydrogen-bond acceptors (Lipinski definition) is 5. The van der Waals surface area contributed by atoms with Gasteiger partial charge in [0.15, 0.2) is 0 Å². The number of nitrogens with zero attached hydrogens (tertiary/aromatic N) is 2. The molecule has 0 radical (unpaired) electrons. The first-order valence-corrected chi connectivity index (χ1v) is 25.1. The molecule has 0 unspecified atom stereocenters. The van der Waals surface area contributed by atoms with E-state index in [-0.39, 0.29) is 0 Å². The Morgan fingerprint density at radius 1 is 0.547 bits per heavy atom. The summed E-state index contributed by atoms with van der Waals surface area (Å²) in [5.74, 6) is 5.81. The third-order valence-corrected chi connectivity index (χ3v) is 14.3. The molecule has 298 valence electrons. The second-order valence-corrected chi connectivity index (χ2v) is 18.8. The van der Waals surface area contributed by atoms with E-state index in [1.807, 2.05) is 0 Å². The average Bonchev–Trinajstić information content (AvgIpc) is 3.20. The molecule has 1 N–H and O–H groups in total. The van der Waals surface area contributed by atoms with Gasteiger partial charge >= 0.3 is 0 Å². The molecule has 53 heavy (non-hydrogen) atoms. The fraction of sp³-hybridized carbons (Fsp3) is 0.723. The molecule has 1 aliphatic carbocycles. The maximum absolute atomic E-state index is 6.28. The molecule has 3 nitrogen and oxygen atoms in total. The van der Waals surface area contributed by atoms with Gasteiger partial charge in [-0.25, -0.2) is 0 Å². The molecular formula is C47H77N3S3. The zero-order valence-corrected chi connectivity index (χ0v) is 36.6. The second-order valence-electron chi connectivity index (χ2n) is 16.2. The lowest BCUT2D eigenvalue weighted by Crippen LogP contribution is -2.63. The van der Waals surface area contributed by atoms with Gasteiger partial charge in [-0.05, 0) is 78.5 Å².